The average Bonchev–Trinajstić information content (AvgIpc) is 3.17. The lowest BCUT2D eigenvalue weighted by Gasteiger charge is -2.04. The van der Waals surface area contributed by atoms with Crippen LogP contribution in [0.4, 0.5) is 0 Å². The first-order chi connectivity index (χ1) is 11.2. The van der Waals surface area contributed by atoms with E-state index in [9.17, 15) is 4.79 Å². The number of aromatic nitrogens is 3. The lowest BCUT2D eigenvalue weighted by molar-refractivity contribution is 0.0948. The zero-order valence-electron chi connectivity index (χ0n) is 13.8. The van der Waals surface area contributed by atoms with Gasteiger partial charge in [0.25, 0.3) is 5.91 Å². The number of rotatable bonds is 6. The third-order valence-corrected chi connectivity index (χ3v) is 4.57. The third kappa shape index (κ3) is 4.92. The van der Waals surface area contributed by atoms with Crippen molar-refractivity contribution in [2.45, 2.75) is 19.4 Å². The predicted octanol–water partition coefficient (Wildman–Crippen LogP) is 2.69. The van der Waals surface area contributed by atoms with E-state index in [0.29, 0.717) is 18.8 Å². The number of nitrogens with two attached hydrogens (primary N) is 1. The topological polar surface area (TPSA) is 85.8 Å². The molecule has 0 bridgehead atoms. The van der Waals surface area contributed by atoms with Gasteiger partial charge >= 0.3 is 0 Å². The summed E-state index contributed by atoms with van der Waals surface area (Å²) < 4.78 is 2.10. The van der Waals surface area contributed by atoms with Gasteiger partial charge in [-0.05, 0) is 18.6 Å². The number of nitrogens with zero attached hydrogens (tertiary/aromatic N) is 3. The van der Waals surface area contributed by atoms with Gasteiger partial charge in [0.15, 0.2) is 0 Å². The molecule has 1 aromatic carbocycles. The number of aryl methyl sites for hydroxylation is 2. The number of carbonyl (C=O) groups excluding carboxylic acids is 1. The van der Waals surface area contributed by atoms with E-state index in [-0.39, 0.29) is 30.7 Å². The molecule has 0 fully saturated rings. The number of fused-ring (bicyclic) bond motifs is 1. The Morgan fingerprint density at radius 2 is 2.04 bits per heavy atom. The molecule has 0 spiro atoms. The van der Waals surface area contributed by atoms with Crippen LogP contribution >= 0.6 is 36.2 Å². The Labute approximate surface area is 162 Å². The maximum Gasteiger partial charge on any atom is 0.270 e. The van der Waals surface area contributed by atoms with E-state index < -0.39 is 0 Å². The van der Waals surface area contributed by atoms with Gasteiger partial charge in [0.2, 0.25) is 0 Å². The van der Waals surface area contributed by atoms with E-state index in [0.717, 1.165) is 34.7 Å². The first kappa shape index (κ1) is 21.4. The lowest BCUT2D eigenvalue weighted by Crippen LogP contribution is -2.25. The second-order valence-corrected chi connectivity index (χ2v) is 6.21. The number of hydrogen-bond donors (Lipinski definition) is 2. The van der Waals surface area contributed by atoms with Gasteiger partial charge < -0.3 is 15.6 Å². The Morgan fingerprint density at radius 3 is 2.72 bits per heavy atom. The molecule has 9 heteroatoms. The molecule has 0 aliphatic carbocycles. The van der Waals surface area contributed by atoms with Crippen molar-refractivity contribution in [3.63, 3.8) is 0 Å². The fourth-order valence-corrected chi connectivity index (χ4v) is 3.12. The van der Waals surface area contributed by atoms with Crippen LogP contribution in [-0.2, 0) is 20.0 Å². The Balaban J connectivity index is 0.00000156. The highest BCUT2D eigenvalue weighted by Crippen LogP contribution is 2.15. The number of carbonyl (C=O) groups is 1. The largest absolute Gasteiger partial charge is 0.351 e. The van der Waals surface area contributed by atoms with E-state index in [4.69, 9.17) is 5.73 Å². The Morgan fingerprint density at radius 1 is 1.28 bits per heavy atom. The number of benzene rings is 1. The highest BCUT2D eigenvalue weighted by Gasteiger charge is 2.10. The summed E-state index contributed by atoms with van der Waals surface area (Å²) in [7, 11) is 2.02. The van der Waals surface area contributed by atoms with E-state index in [1.807, 2.05) is 25.2 Å². The summed E-state index contributed by atoms with van der Waals surface area (Å²) in [5.41, 5.74) is 8.08. The molecule has 2 aromatic heterocycles. The number of amides is 1. The molecule has 0 saturated heterocycles. The number of thiazole rings is 1. The standard InChI is InChI=1S/C16H19N5OS.2ClH/c1-21-13-6-3-2-5-11(13)19-14(21)7-4-8-18-16(22)12-10-23-15(9-17)20-12;;/h2-3,5-6,10H,4,7-9,17H2,1H3,(H,18,22);2*1H. The summed E-state index contributed by atoms with van der Waals surface area (Å²) in [6.45, 7) is 0.961. The predicted molar refractivity (Wildman–Crippen MR) is 106 cm³/mol. The lowest BCUT2D eigenvalue weighted by atomic mass is 10.3. The molecule has 25 heavy (non-hydrogen) atoms. The molecule has 1 amide bonds. The molecule has 6 nitrogen and oxygen atoms in total. The Bertz CT molecular complexity index is 833. The normalized spacial score (nSPS) is 10.2. The summed E-state index contributed by atoms with van der Waals surface area (Å²) in [5.74, 6) is 0.880. The van der Waals surface area contributed by atoms with Crippen molar-refractivity contribution in [2.75, 3.05) is 6.54 Å². The van der Waals surface area contributed by atoms with Crippen LogP contribution in [-0.4, -0.2) is 27.0 Å². The molecule has 3 aromatic rings. The SMILES string of the molecule is Cl.Cl.Cn1c(CCCNC(=O)c2csc(CN)n2)nc2ccccc21. The van der Waals surface area contributed by atoms with Crippen LogP contribution in [0, 0.1) is 0 Å². The van der Waals surface area contributed by atoms with Crippen LogP contribution in [0.5, 0.6) is 0 Å². The van der Waals surface area contributed by atoms with Gasteiger partial charge in [-0.2, -0.15) is 0 Å². The molecule has 0 unspecified atom stereocenters. The molecule has 3 N–H and O–H groups in total. The Hall–Kier alpha value is -1.67. The fourth-order valence-electron chi connectivity index (χ4n) is 2.47. The van der Waals surface area contributed by atoms with E-state index in [1.54, 1.807) is 5.38 Å². The second kappa shape index (κ2) is 9.72. The van der Waals surface area contributed by atoms with Gasteiger partial charge in [0.05, 0.1) is 11.0 Å². The van der Waals surface area contributed by atoms with Crippen molar-refractivity contribution in [3.05, 3.63) is 46.2 Å². The second-order valence-electron chi connectivity index (χ2n) is 5.27. The summed E-state index contributed by atoms with van der Waals surface area (Å²) >= 11 is 1.41. The minimum atomic E-state index is -0.147. The van der Waals surface area contributed by atoms with Crippen LogP contribution in [0.15, 0.2) is 29.6 Å². The van der Waals surface area contributed by atoms with Gasteiger partial charge in [0.1, 0.15) is 16.5 Å². The highest BCUT2D eigenvalue weighted by molar-refractivity contribution is 7.09. The smallest absolute Gasteiger partial charge is 0.270 e. The average molecular weight is 402 g/mol. The number of nitrogens with one attached hydrogen (secondary N) is 1. The first-order valence-electron chi connectivity index (χ1n) is 7.52. The molecule has 0 radical (unpaired) electrons. The monoisotopic (exact) mass is 401 g/mol. The molecular weight excluding hydrogens is 381 g/mol. The molecule has 3 rings (SSSR count). The minimum absolute atomic E-state index is 0. The van der Waals surface area contributed by atoms with Crippen LogP contribution in [0.3, 0.4) is 0 Å². The van der Waals surface area contributed by atoms with E-state index >= 15 is 0 Å². The first-order valence-corrected chi connectivity index (χ1v) is 8.40. The van der Waals surface area contributed by atoms with Gasteiger partial charge in [-0.1, -0.05) is 12.1 Å². The van der Waals surface area contributed by atoms with Gasteiger partial charge in [0, 0.05) is 31.9 Å². The van der Waals surface area contributed by atoms with Crippen molar-refractivity contribution in [1.29, 1.82) is 0 Å². The molecule has 136 valence electrons. The van der Waals surface area contributed by atoms with Gasteiger partial charge in [-0.3, -0.25) is 4.79 Å². The molecule has 0 saturated carbocycles. The van der Waals surface area contributed by atoms with Crippen LogP contribution in [0.25, 0.3) is 11.0 Å². The third-order valence-electron chi connectivity index (χ3n) is 3.70. The quantitative estimate of drug-likeness (QED) is 0.621. The van der Waals surface area contributed by atoms with Crippen molar-refractivity contribution < 1.29 is 4.79 Å². The van der Waals surface area contributed by atoms with Crippen molar-refractivity contribution in [3.8, 4) is 0 Å². The zero-order chi connectivity index (χ0) is 16.2. The zero-order valence-corrected chi connectivity index (χ0v) is 16.2. The van der Waals surface area contributed by atoms with Crippen LogP contribution in [0.2, 0.25) is 0 Å². The molecule has 2 heterocycles. The minimum Gasteiger partial charge on any atom is -0.351 e. The summed E-state index contributed by atoms with van der Waals surface area (Å²) in [6.07, 6.45) is 1.65. The molecule has 0 atom stereocenters. The number of para-hydroxylation sites is 2. The van der Waals surface area contributed by atoms with Gasteiger partial charge in [-0.15, -0.1) is 36.2 Å². The van der Waals surface area contributed by atoms with E-state index in [1.165, 1.54) is 11.3 Å². The number of imidazole rings is 1. The van der Waals surface area contributed by atoms with Gasteiger partial charge in [-0.25, -0.2) is 9.97 Å². The number of hydrogen-bond acceptors (Lipinski definition) is 5. The van der Waals surface area contributed by atoms with Crippen molar-refractivity contribution in [2.24, 2.45) is 12.8 Å². The van der Waals surface area contributed by atoms with Crippen LogP contribution in [0.1, 0.15) is 27.7 Å². The molecular formula is C16H21Cl2N5OS. The molecule has 0 aliphatic heterocycles. The molecule has 0 aliphatic rings. The summed E-state index contributed by atoms with van der Waals surface area (Å²) in [4.78, 5) is 20.8. The maximum absolute atomic E-state index is 12.0. The fraction of sp³-hybridized carbons (Fsp3) is 0.312. The van der Waals surface area contributed by atoms with Crippen molar-refractivity contribution in [1.82, 2.24) is 19.9 Å². The van der Waals surface area contributed by atoms with E-state index in [2.05, 4.69) is 25.9 Å². The Kier molecular flexibility index (Phi) is 8.31. The number of halogens is 2. The van der Waals surface area contributed by atoms with Crippen molar-refractivity contribution >= 4 is 53.1 Å². The summed E-state index contributed by atoms with van der Waals surface area (Å²) in [6, 6.07) is 8.07. The highest BCUT2D eigenvalue weighted by atomic mass is 35.5. The van der Waals surface area contributed by atoms with Crippen LogP contribution < -0.4 is 11.1 Å². The summed E-state index contributed by atoms with van der Waals surface area (Å²) in [5, 5.41) is 5.40. The maximum atomic E-state index is 12.0.